The van der Waals surface area contributed by atoms with Crippen LogP contribution < -0.4 is 5.43 Å². The van der Waals surface area contributed by atoms with E-state index in [1.165, 1.54) is 22.8 Å². The van der Waals surface area contributed by atoms with Gasteiger partial charge in [0, 0.05) is 11.6 Å². The molecule has 2 aromatic carbocycles. The fourth-order valence-electron chi connectivity index (χ4n) is 2.28. The molecule has 104 valence electrons. The van der Waals surface area contributed by atoms with Crippen molar-refractivity contribution >= 4 is 16.9 Å². The number of pyridine rings is 1. The van der Waals surface area contributed by atoms with Gasteiger partial charge in [-0.3, -0.25) is 4.79 Å². The number of carboxylic acids is 1. The van der Waals surface area contributed by atoms with Crippen LogP contribution in [0.3, 0.4) is 0 Å². The Labute approximate surface area is 118 Å². The van der Waals surface area contributed by atoms with E-state index in [4.69, 9.17) is 5.11 Å². The first kappa shape index (κ1) is 13.1. The second kappa shape index (κ2) is 4.86. The summed E-state index contributed by atoms with van der Waals surface area (Å²) in [5, 5.41) is 9.40. The SMILES string of the molecule is O=C(O)c1cn(-c2ccccc2F)c2ccccc2c1=O. The summed E-state index contributed by atoms with van der Waals surface area (Å²) >= 11 is 0. The molecule has 0 saturated carbocycles. The van der Waals surface area contributed by atoms with Crippen LogP contribution in [0.1, 0.15) is 10.4 Å². The maximum absolute atomic E-state index is 14.0. The van der Waals surface area contributed by atoms with Crippen molar-refractivity contribution in [2.24, 2.45) is 0 Å². The Kier molecular flexibility index (Phi) is 3.02. The standard InChI is InChI=1S/C16H10FNO3/c17-12-6-2-4-8-14(12)18-9-11(16(20)21)15(19)10-5-1-3-7-13(10)18/h1-9H,(H,20,21). The van der Waals surface area contributed by atoms with Crippen LogP contribution in [0.25, 0.3) is 16.6 Å². The van der Waals surface area contributed by atoms with E-state index in [0.717, 1.165) is 6.20 Å². The topological polar surface area (TPSA) is 59.3 Å². The van der Waals surface area contributed by atoms with Crippen molar-refractivity contribution in [2.45, 2.75) is 0 Å². The predicted octanol–water partition coefficient (Wildman–Crippen LogP) is 2.83. The minimum atomic E-state index is -1.34. The highest BCUT2D eigenvalue weighted by molar-refractivity contribution is 5.93. The number of rotatable bonds is 2. The van der Waals surface area contributed by atoms with Gasteiger partial charge in [0.15, 0.2) is 0 Å². The molecule has 0 aliphatic rings. The minimum absolute atomic E-state index is 0.191. The summed E-state index contributed by atoms with van der Waals surface area (Å²) in [7, 11) is 0. The van der Waals surface area contributed by atoms with Gasteiger partial charge < -0.3 is 9.67 Å². The molecule has 3 aromatic rings. The number of halogens is 1. The Morgan fingerprint density at radius 3 is 2.43 bits per heavy atom. The zero-order valence-electron chi connectivity index (χ0n) is 10.8. The van der Waals surface area contributed by atoms with Crippen molar-refractivity contribution in [3.8, 4) is 5.69 Å². The molecular formula is C16H10FNO3. The van der Waals surface area contributed by atoms with Gasteiger partial charge in [0.25, 0.3) is 0 Å². The lowest BCUT2D eigenvalue weighted by atomic mass is 10.1. The summed E-state index contributed by atoms with van der Waals surface area (Å²) in [6.45, 7) is 0. The highest BCUT2D eigenvalue weighted by Gasteiger charge is 2.16. The Balaban J connectivity index is 2.48. The Hall–Kier alpha value is -2.95. The largest absolute Gasteiger partial charge is 0.477 e. The van der Waals surface area contributed by atoms with Gasteiger partial charge in [-0.05, 0) is 24.3 Å². The van der Waals surface area contributed by atoms with E-state index in [2.05, 4.69) is 0 Å². The molecule has 0 spiro atoms. The van der Waals surface area contributed by atoms with Crippen LogP contribution in [0.15, 0.2) is 59.5 Å². The second-order valence-corrected chi connectivity index (χ2v) is 4.52. The van der Waals surface area contributed by atoms with E-state index in [1.807, 2.05) is 0 Å². The van der Waals surface area contributed by atoms with E-state index >= 15 is 0 Å². The quantitative estimate of drug-likeness (QED) is 0.786. The monoisotopic (exact) mass is 283 g/mol. The zero-order chi connectivity index (χ0) is 15.0. The number of hydrogen-bond donors (Lipinski definition) is 1. The molecule has 0 saturated heterocycles. The number of carbonyl (C=O) groups is 1. The summed E-state index contributed by atoms with van der Waals surface area (Å²) in [6, 6.07) is 12.5. The smallest absolute Gasteiger partial charge is 0.341 e. The number of carboxylic acid groups (broad SMARTS) is 1. The third-order valence-corrected chi connectivity index (χ3v) is 3.25. The van der Waals surface area contributed by atoms with Crippen molar-refractivity contribution in [2.75, 3.05) is 0 Å². The lowest BCUT2D eigenvalue weighted by Gasteiger charge is -2.12. The van der Waals surface area contributed by atoms with Crippen molar-refractivity contribution in [3.05, 3.63) is 76.3 Å². The number of hydrogen-bond acceptors (Lipinski definition) is 2. The third-order valence-electron chi connectivity index (χ3n) is 3.25. The van der Waals surface area contributed by atoms with Crippen LogP contribution in [0.2, 0.25) is 0 Å². The predicted molar refractivity (Wildman–Crippen MR) is 76.5 cm³/mol. The molecule has 0 amide bonds. The molecule has 0 atom stereocenters. The summed E-state index contributed by atoms with van der Waals surface area (Å²) in [5.74, 6) is -1.83. The first-order valence-corrected chi connectivity index (χ1v) is 6.22. The van der Waals surface area contributed by atoms with E-state index < -0.39 is 22.8 Å². The van der Waals surface area contributed by atoms with Crippen molar-refractivity contribution in [3.63, 3.8) is 0 Å². The van der Waals surface area contributed by atoms with Crippen LogP contribution in [-0.4, -0.2) is 15.6 Å². The number of nitrogens with zero attached hydrogens (tertiary/aromatic N) is 1. The number of aromatic carboxylic acids is 1. The molecule has 1 aromatic heterocycles. The van der Waals surface area contributed by atoms with Gasteiger partial charge in [0.1, 0.15) is 11.4 Å². The number of benzene rings is 2. The Morgan fingerprint density at radius 2 is 1.71 bits per heavy atom. The number of aromatic nitrogens is 1. The van der Waals surface area contributed by atoms with Crippen LogP contribution in [0, 0.1) is 5.82 Å². The van der Waals surface area contributed by atoms with E-state index in [0.29, 0.717) is 5.52 Å². The Morgan fingerprint density at radius 1 is 1.05 bits per heavy atom. The molecule has 0 radical (unpaired) electrons. The molecule has 0 aliphatic carbocycles. The highest BCUT2D eigenvalue weighted by atomic mass is 19.1. The molecule has 4 nitrogen and oxygen atoms in total. The van der Waals surface area contributed by atoms with E-state index in [9.17, 15) is 14.0 Å². The summed E-state index contributed by atoms with van der Waals surface area (Å²) in [6.07, 6.45) is 1.16. The third kappa shape index (κ3) is 2.08. The zero-order valence-corrected chi connectivity index (χ0v) is 10.8. The normalized spacial score (nSPS) is 10.7. The van der Waals surface area contributed by atoms with Gasteiger partial charge in [-0.2, -0.15) is 0 Å². The lowest BCUT2D eigenvalue weighted by Crippen LogP contribution is -2.18. The van der Waals surface area contributed by atoms with Crippen LogP contribution >= 0.6 is 0 Å². The van der Waals surface area contributed by atoms with Crippen molar-refractivity contribution < 1.29 is 14.3 Å². The van der Waals surface area contributed by atoms with E-state index in [-0.39, 0.29) is 11.1 Å². The fraction of sp³-hybridized carbons (Fsp3) is 0. The molecule has 0 fully saturated rings. The highest BCUT2D eigenvalue weighted by Crippen LogP contribution is 2.19. The maximum atomic E-state index is 14.0. The van der Waals surface area contributed by atoms with E-state index in [1.54, 1.807) is 30.3 Å². The van der Waals surface area contributed by atoms with Gasteiger partial charge in [-0.1, -0.05) is 24.3 Å². The van der Waals surface area contributed by atoms with Crippen molar-refractivity contribution in [1.82, 2.24) is 4.57 Å². The van der Waals surface area contributed by atoms with Gasteiger partial charge >= 0.3 is 5.97 Å². The first-order chi connectivity index (χ1) is 10.1. The lowest BCUT2D eigenvalue weighted by molar-refractivity contribution is 0.0695. The summed E-state index contributed by atoms with van der Waals surface area (Å²) in [4.78, 5) is 23.4. The molecule has 0 bridgehead atoms. The summed E-state index contributed by atoms with van der Waals surface area (Å²) in [5.41, 5.74) is -0.323. The van der Waals surface area contributed by atoms with Crippen LogP contribution in [0.5, 0.6) is 0 Å². The molecule has 3 rings (SSSR count). The second-order valence-electron chi connectivity index (χ2n) is 4.52. The first-order valence-electron chi connectivity index (χ1n) is 6.22. The van der Waals surface area contributed by atoms with Gasteiger partial charge in [0.05, 0.1) is 11.2 Å². The molecule has 0 aliphatic heterocycles. The number of fused-ring (bicyclic) bond motifs is 1. The van der Waals surface area contributed by atoms with Crippen LogP contribution in [-0.2, 0) is 0 Å². The average Bonchev–Trinajstić information content (AvgIpc) is 2.48. The molecule has 1 N–H and O–H groups in total. The van der Waals surface area contributed by atoms with Gasteiger partial charge in [-0.15, -0.1) is 0 Å². The fourth-order valence-corrected chi connectivity index (χ4v) is 2.28. The maximum Gasteiger partial charge on any atom is 0.341 e. The van der Waals surface area contributed by atoms with Gasteiger partial charge in [0.2, 0.25) is 5.43 Å². The Bertz CT molecular complexity index is 915. The summed E-state index contributed by atoms with van der Waals surface area (Å²) < 4.78 is 15.4. The minimum Gasteiger partial charge on any atom is -0.477 e. The average molecular weight is 283 g/mol. The molecule has 0 unspecified atom stereocenters. The number of para-hydroxylation sites is 2. The molecule has 21 heavy (non-hydrogen) atoms. The molecule has 5 heteroatoms. The van der Waals surface area contributed by atoms with Crippen LogP contribution in [0.4, 0.5) is 4.39 Å². The van der Waals surface area contributed by atoms with Gasteiger partial charge in [-0.25, -0.2) is 9.18 Å². The molecule has 1 heterocycles. The van der Waals surface area contributed by atoms with Crippen molar-refractivity contribution in [1.29, 1.82) is 0 Å². The molecular weight excluding hydrogens is 273 g/mol.